The van der Waals surface area contributed by atoms with Crippen LogP contribution < -0.4 is 14.5 Å². The quantitative estimate of drug-likeness (QED) is 0.209. The lowest BCUT2D eigenvalue weighted by Crippen LogP contribution is -2.43. The molecule has 0 radical (unpaired) electrons. The van der Waals surface area contributed by atoms with Gasteiger partial charge in [-0.15, -0.1) is 0 Å². The fraction of sp³-hybridized carbons (Fsp3) is 0.105. The van der Waals surface area contributed by atoms with Crippen LogP contribution in [0.3, 0.4) is 0 Å². The van der Waals surface area contributed by atoms with Crippen molar-refractivity contribution >= 4 is 51.3 Å². The van der Waals surface area contributed by atoms with E-state index in [-0.39, 0.29) is 22.3 Å². The van der Waals surface area contributed by atoms with E-state index in [1.807, 2.05) is 24.3 Å². The SMILES string of the molecule is O=C1c2ccc3c4c(ccc(c24)C(=O)N1c1ccc(OCCC2=CC=CC2)cc1)C(=O)N(c1ccc(C2=CCC=C2)cc1)C3=O. The molecule has 0 atom stereocenters. The Bertz CT molecular complexity index is 2030. The molecule has 7 nitrogen and oxygen atoms in total. The molecule has 0 unspecified atom stereocenters. The molecule has 4 aromatic rings. The Kier molecular flexibility index (Phi) is 6.20. The Labute approximate surface area is 259 Å². The first-order chi connectivity index (χ1) is 22.0. The molecule has 2 aliphatic heterocycles. The van der Waals surface area contributed by atoms with Crippen molar-refractivity contribution in [2.45, 2.75) is 19.3 Å². The van der Waals surface area contributed by atoms with Crippen molar-refractivity contribution in [2.75, 3.05) is 16.4 Å². The fourth-order valence-corrected chi connectivity index (χ4v) is 6.49. The minimum atomic E-state index is -0.515. The molecular formula is C38H26N2O5. The van der Waals surface area contributed by atoms with E-state index in [2.05, 4.69) is 24.3 Å². The summed E-state index contributed by atoms with van der Waals surface area (Å²) in [6.45, 7) is 0.532. The molecule has 45 heavy (non-hydrogen) atoms. The summed E-state index contributed by atoms with van der Waals surface area (Å²) in [6, 6.07) is 20.5. The molecule has 0 saturated heterocycles. The predicted molar refractivity (Wildman–Crippen MR) is 173 cm³/mol. The molecule has 0 fully saturated rings. The lowest BCUT2D eigenvalue weighted by Gasteiger charge is -2.32. The Morgan fingerprint density at radius 1 is 0.622 bits per heavy atom. The summed E-state index contributed by atoms with van der Waals surface area (Å²) in [5, 5.41) is 0.676. The van der Waals surface area contributed by atoms with Crippen LogP contribution in [0.4, 0.5) is 11.4 Å². The van der Waals surface area contributed by atoms with Gasteiger partial charge in [-0.1, -0.05) is 54.2 Å². The summed E-state index contributed by atoms with van der Waals surface area (Å²) in [6.07, 6.45) is 15.1. The van der Waals surface area contributed by atoms with E-state index in [0.29, 0.717) is 34.5 Å². The van der Waals surface area contributed by atoms with Crippen LogP contribution in [0.25, 0.3) is 16.3 Å². The second kappa shape index (κ2) is 10.4. The van der Waals surface area contributed by atoms with Gasteiger partial charge in [0, 0.05) is 39.4 Å². The molecule has 4 aliphatic rings. The number of hydrogen-bond donors (Lipinski definition) is 0. The van der Waals surface area contributed by atoms with Crippen molar-refractivity contribution in [3.8, 4) is 5.75 Å². The van der Waals surface area contributed by atoms with E-state index in [0.717, 1.165) is 40.2 Å². The number of hydrogen-bond acceptors (Lipinski definition) is 5. The van der Waals surface area contributed by atoms with Crippen LogP contribution in [0.1, 0.15) is 66.3 Å². The minimum absolute atomic E-state index is 0.264. The first-order valence-electron chi connectivity index (χ1n) is 14.9. The molecule has 8 rings (SSSR count). The zero-order chi connectivity index (χ0) is 30.7. The third kappa shape index (κ3) is 4.27. The van der Waals surface area contributed by atoms with Crippen molar-refractivity contribution in [2.24, 2.45) is 0 Å². The van der Waals surface area contributed by atoms with Gasteiger partial charge in [0.15, 0.2) is 0 Å². The maximum atomic E-state index is 13.8. The average molecular weight is 591 g/mol. The lowest BCUT2D eigenvalue weighted by molar-refractivity contribution is 0.0873. The summed E-state index contributed by atoms with van der Waals surface area (Å²) >= 11 is 0. The average Bonchev–Trinajstić information content (AvgIpc) is 3.79. The van der Waals surface area contributed by atoms with Crippen molar-refractivity contribution in [1.29, 1.82) is 0 Å². The van der Waals surface area contributed by atoms with Gasteiger partial charge >= 0.3 is 0 Å². The highest BCUT2D eigenvalue weighted by Crippen LogP contribution is 2.40. The zero-order valence-corrected chi connectivity index (χ0v) is 24.2. The van der Waals surface area contributed by atoms with E-state index in [4.69, 9.17) is 4.74 Å². The van der Waals surface area contributed by atoms with Gasteiger partial charge in [0.2, 0.25) is 0 Å². The second-order valence-corrected chi connectivity index (χ2v) is 11.4. The Morgan fingerprint density at radius 2 is 1.16 bits per heavy atom. The number of benzene rings is 4. The smallest absolute Gasteiger partial charge is 0.265 e. The summed E-state index contributed by atoms with van der Waals surface area (Å²) in [5.74, 6) is -1.38. The Balaban J connectivity index is 1.09. The van der Waals surface area contributed by atoms with Gasteiger partial charge in [0.05, 0.1) is 18.0 Å². The first kappa shape index (κ1) is 26.8. The number of ether oxygens (including phenoxy) is 1. The largest absolute Gasteiger partial charge is 0.493 e. The van der Waals surface area contributed by atoms with Crippen LogP contribution in [0.2, 0.25) is 0 Å². The number of amides is 4. The molecule has 4 aromatic carbocycles. The number of carbonyl (C=O) groups is 4. The molecule has 0 saturated carbocycles. The molecular weight excluding hydrogens is 564 g/mol. The van der Waals surface area contributed by atoms with Gasteiger partial charge < -0.3 is 4.74 Å². The Hall–Kier alpha value is -5.82. The maximum Gasteiger partial charge on any atom is 0.265 e. The van der Waals surface area contributed by atoms with Gasteiger partial charge in [0.1, 0.15) is 5.75 Å². The third-order valence-corrected chi connectivity index (χ3v) is 8.76. The monoisotopic (exact) mass is 590 g/mol. The molecule has 0 aromatic heterocycles. The molecule has 4 amide bonds. The predicted octanol–water partition coefficient (Wildman–Crippen LogP) is 7.44. The van der Waals surface area contributed by atoms with Gasteiger partial charge in [-0.25, -0.2) is 9.80 Å². The van der Waals surface area contributed by atoms with Crippen molar-refractivity contribution in [1.82, 2.24) is 0 Å². The topological polar surface area (TPSA) is 84.0 Å². The molecule has 2 heterocycles. The molecule has 218 valence electrons. The normalized spacial score (nSPS) is 16.6. The summed E-state index contributed by atoms with van der Waals surface area (Å²) in [4.78, 5) is 57.5. The minimum Gasteiger partial charge on any atom is -0.493 e. The lowest BCUT2D eigenvalue weighted by atomic mass is 9.85. The van der Waals surface area contributed by atoms with Gasteiger partial charge in [-0.3, -0.25) is 19.2 Å². The molecule has 2 aliphatic carbocycles. The van der Waals surface area contributed by atoms with Crippen LogP contribution in [0.5, 0.6) is 5.75 Å². The van der Waals surface area contributed by atoms with E-state index in [1.54, 1.807) is 60.7 Å². The third-order valence-electron chi connectivity index (χ3n) is 8.76. The van der Waals surface area contributed by atoms with Crippen LogP contribution >= 0.6 is 0 Å². The summed E-state index contributed by atoms with van der Waals surface area (Å²) in [7, 11) is 0. The molecule has 0 bridgehead atoms. The number of rotatable bonds is 7. The molecule has 0 N–H and O–H groups in total. The van der Waals surface area contributed by atoms with Gasteiger partial charge in [-0.05, 0) is 84.6 Å². The van der Waals surface area contributed by atoms with Crippen LogP contribution in [-0.4, -0.2) is 30.2 Å². The first-order valence-corrected chi connectivity index (χ1v) is 14.9. The number of nitrogens with zero attached hydrogens (tertiary/aromatic N) is 2. The summed E-state index contributed by atoms with van der Waals surface area (Å²) in [5.41, 5.74) is 5.35. The molecule has 7 heteroatoms. The van der Waals surface area contributed by atoms with E-state index < -0.39 is 23.6 Å². The van der Waals surface area contributed by atoms with Crippen molar-refractivity contribution in [3.63, 3.8) is 0 Å². The number of anilines is 2. The standard InChI is InChI=1S/C38H26N2O5/c41-35-29-17-19-31-34-32(38(44)40(37(31)43)27-13-15-28(16-14-27)45-22-21-23-5-1-2-6-23)20-18-30(33(29)34)36(42)39(35)26-11-9-25(10-12-26)24-7-3-4-8-24/h1-3,5,7-20H,4,6,21-22H2. The van der Waals surface area contributed by atoms with Gasteiger partial charge in [-0.2, -0.15) is 0 Å². The molecule has 0 spiro atoms. The summed E-state index contributed by atoms with van der Waals surface area (Å²) < 4.78 is 5.87. The Morgan fingerprint density at radius 3 is 1.62 bits per heavy atom. The highest BCUT2D eigenvalue weighted by molar-refractivity contribution is 6.42. The van der Waals surface area contributed by atoms with E-state index >= 15 is 0 Å². The van der Waals surface area contributed by atoms with Crippen molar-refractivity contribution < 1.29 is 23.9 Å². The fourth-order valence-electron chi connectivity index (χ4n) is 6.49. The second-order valence-electron chi connectivity index (χ2n) is 11.4. The van der Waals surface area contributed by atoms with Crippen molar-refractivity contribution in [3.05, 3.63) is 143 Å². The number of imide groups is 2. The van der Waals surface area contributed by atoms with Crippen LogP contribution in [0, 0.1) is 0 Å². The number of carbonyl (C=O) groups excluding carboxylic acids is 4. The van der Waals surface area contributed by atoms with Crippen LogP contribution in [-0.2, 0) is 0 Å². The highest BCUT2D eigenvalue weighted by atomic mass is 16.5. The zero-order valence-electron chi connectivity index (χ0n) is 24.2. The maximum absolute atomic E-state index is 13.8. The van der Waals surface area contributed by atoms with E-state index in [9.17, 15) is 19.2 Å². The highest BCUT2D eigenvalue weighted by Gasteiger charge is 2.40. The van der Waals surface area contributed by atoms with Crippen LogP contribution in [0.15, 0.2) is 115 Å². The van der Waals surface area contributed by atoms with Gasteiger partial charge in [0.25, 0.3) is 23.6 Å². The number of allylic oxidation sites excluding steroid dienone is 7. The van der Waals surface area contributed by atoms with E-state index in [1.165, 1.54) is 5.57 Å².